The van der Waals surface area contributed by atoms with E-state index in [9.17, 15) is 17.6 Å². The third-order valence-corrected chi connectivity index (χ3v) is 2.92. The lowest BCUT2D eigenvalue weighted by atomic mass is 10.2. The highest BCUT2D eigenvalue weighted by Gasteiger charge is 2.34. The van der Waals surface area contributed by atoms with E-state index in [1.54, 1.807) is 28.7 Å². The van der Waals surface area contributed by atoms with Gasteiger partial charge in [-0.05, 0) is 22.6 Å². The van der Waals surface area contributed by atoms with Crippen molar-refractivity contribution in [2.45, 2.75) is 19.5 Å². The monoisotopic (exact) mass is 360 g/mol. The first-order valence-corrected chi connectivity index (χ1v) is 5.31. The van der Waals surface area contributed by atoms with Crippen molar-refractivity contribution in [3.63, 3.8) is 0 Å². The summed E-state index contributed by atoms with van der Waals surface area (Å²) in [5.41, 5.74) is -0.169. The molecule has 1 rings (SSSR count). The van der Waals surface area contributed by atoms with Crippen molar-refractivity contribution in [2.75, 3.05) is 0 Å². The van der Waals surface area contributed by atoms with Crippen molar-refractivity contribution in [3.05, 3.63) is 21.0 Å². The van der Waals surface area contributed by atoms with Crippen molar-refractivity contribution < 1.29 is 22.3 Å². The Hall–Kier alpha value is -1.11. The first-order valence-electron chi connectivity index (χ1n) is 4.24. The molecule has 0 radical (unpaired) electrons. The van der Waals surface area contributed by atoms with Gasteiger partial charge < -0.3 is 4.74 Å². The Morgan fingerprint density at radius 2 is 2.12 bits per heavy atom. The van der Waals surface area contributed by atoms with Crippen LogP contribution in [0.4, 0.5) is 17.6 Å². The van der Waals surface area contributed by atoms with E-state index in [4.69, 9.17) is 5.26 Å². The van der Waals surface area contributed by atoms with Crippen LogP contribution in [-0.2, 0) is 13.1 Å². The van der Waals surface area contributed by atoms with Crippen LogP contribution in [0, 0.1) is 14.9 Å². The van der Waals surface area contributed by atoms with Gasteiger partial charge in [0.25, 0.3) is 0 Å². The Bertz CT molecular complexity index is 456. The lowest BCUT2D eigenvalue weighted by Crippen LogP contribution is -2.19. The van der Waals surface area contributed by atoms with Crippen LogP contribution in [0.15, 0.2) is 6.20 Å². The number of rotatable bonds is 3. The van der Waals surface area contributed by atoms with Gasteiger partial charge in [0, 0.05) is 11.8 Å². The van der Waals surface area contributed by atoms with Crippen LogP contribution in [0.3, 0.4) is 0 Å². The molecule has 8 heteroatoms. The van der Waals surface area contributed by atoms with Crippen LogP contribution in [-0.4, -0.2) is 11.3 Å². The Morgan fingerprint density at radius 3 is 2.59 bits per heavy atom. The zero-order valence-electron chi connectivity index (χ0n) is 8.18. The summed E-state index contributed by atoms with van der Waals surface area (Å²) in [5, 5.41) is 8.48. The second-order valence-electron chi connectivity index (χ2n) is 2.89. The Balaban J connectivity index is 3.23. The average molecular weight is 360 g/mol. The molecule has 17 heavy (non-hydrogen) atoms. The van der Waals surface area contributed by atoms with E-state index in [0.29, 0.717) is 0 Å². The number of pyridine rings is 1. The fourth-order valence-electron chi connectivity index (χ4n) is 1.07. The van der Waals surface area contributed by atoms with Gasteiger partial charge in [-0.15, -0.1) is 13.2 Å². The minimum Gasteiger partial charge on any atom is -0.403 e. The molecule has 0 bridgehead atoms. The lowest BCUT2D eigenvalue weighted by Gasteiger charge is -2.14. The molecule has 0 unspecified atom stereocenters. The van der Waals surface area contributed by atoms with Gasteiger partial charge in [-0.3, -0.25) is 4.98 Å². The molecule has 3 nitrogen and oxygen atoms in total. The Kier molecular flexibility index (Phi) is 4.50. The number of alkyl halides is 4. The molecule has 0 aromatic carbocycles. The van der Waals surface area contributed by atoms with E-state index >= 15 is 0 Å². The van der Waals surface area contributed by atoms with Crippen molar-refractivity contribution in [1.29, 1.82) is 5.26 Å². The summed E-state index contributed by atoms with van der Waals surface area (Å²) in [5.74, 6) is -0.673. The van der Waals surface area contributed by atoms with Crippen LogP contribution in [0.25, 0.3) is 0 Å². The topological polar surface area (TPSA) is 45.9 Å². The zero-order chi connectivity index (χ0) is 13.1. The van der Waals surface area contributed by atoms with Gasteiger partial charge in [0.1, 0.15) is 12.4 Å². The second-order valence-corrected chi connectivity index (χ2v) is 3.97. The molecule has 0 aliphatic carbocycles. The maximum atomic E-state index is 12.5. The first-order chi connectivity index (χ1) is 7.89. The summed E-state index contributed by atoms with van der Waals surface area (Å²) >= 11 is 1.57. The molecule has 0 N–H and O–H groups in total. The number of aromatic nitrogens is 1. The predicted molar refractivity (Wildman–Crippen MR) is 57.8 cm³/mol. The summed E-state index contributed by atoms with van der Waals surface area (Å²) in [6, 6.07) is 1.78. The van der Waals surface area contributed by atoms with Crippen molar-refractivity contribution in [1.82, 2.24) is 4.98 Å². The van der Waals surface area contributed by atoms with E-state index in [2.05, 4.69) is 9.72 Å². The van der Waals surface area contributed by atoms with Crippen molar-refractivity contribution in [2.24, 2.45) is 0 Å². The molecule has 1 heterocycles. The largest absolute Gasteiger partial charge is 0.573 e. The summed E-state index contributed by atoms with van der Waals surface area (Å²) in [6.45, 7) is -1.17. The molecular weight excluding hydrogens is 355 g/mol. The maximum Gasteiger partial charge on any atom is 0.573 e. The number of hydrogen-bond acceptors (Lipinski definition) is 3. The number of hydrogen-bond donors (Lipinski definition) is 0. The maximum absolute atomic E-state index is 12.5. The number of nitrogens with zero attached hydrogens (tertiary/aromatic N) is 2. The first kappa shape index (κ1) is 14.0. The highest BCUT2D eigenvalue weighted by molar-refractivity contribution is 14.1. The molecular formula is C9H5F4IN2O. The van der Waals surface area contributed by atoms with E-state index in [1.165, 1.54) is 6.20 Å². The summed E-state index contributed by atoms with van der Waals surface area (Å²) in [4.78, 5) is 3.50. The second kappa shape index (κ2) is 5.48. The van der Waals surface area contributed by atoms with Gasteiger partial charge >= 0.3 is 6.36 Å². The van der Waals surface area contributed by atoms with E-state index < -0.39 is 24.5 Å². The fourth-order valence-corrected chi connectivity index (χ4v) is 1.82. The zero-order valence-corrected chi connectivity index (χ0v) is 10.3. The lowest BCUT2D eigenvalue weighted by molar-refractivity contribution is -0.275. The minimum absolute atomic E-state index is 0.0455. The number of nitriles is 1. The van der Waals surface area contributed by atoms with Crippen LogP contribution in [0.1, 0.15) is 11.3 Å². The molecule has 0 amide bonds. The normalized spacial score (nSPS) is 11.1. The van der Waals surface area contributed by atoms with Gasteiger partial charge in [0.15, 0.2) is 5.75 Å². The molecule has 0 spiro atoms. The SMILES string of the molecule is N#CCc1cnc(CF)c(OC(F)(F)F)c1I. The highest BCUT2D eigenvalue weighted by atomic mass is 127. The molecule has 0 saturated heterocycles. The van der Waals surface area contributed by atoms with E-state index in [-0.39, 0.29) is 15.6 Å². The van der Waals surface area contributed by atoms with Gasteiger partial charge in [-0.1, -0.05) is 0 Å². The standard InChI is InChI=1S/C9H5F4IN2O/c10-3-6-8(17-9(11,12)13)7(14)5(1-2-15)4-16-6/h4H,1,3H2. The van der Waals surface area contributed by atoms with Crippen molar-refractivity contribution >= 4 is 22.6 Å². The minimum atomic E-state index is -4.92. The smallest absolute Gasteiger partial charge is 0.403 e. The van der Waals surface area contributed by atoms with Crippen molar-refractivity contribution in [3.8, 4) is 11.8 Å². The highest BCUT2D eigenvalue weighted by Crippen LogP contribution is 2.32. The van der Waals surface area contributed by atoms with Crippen LogP contribution in [0.2, 0.25) is 0 Å². The summed E-state index contributed by atoms with van der Waals surface area (Å²) < 4.78 is 52.6. The number of ether oxygens (including phenoxy) is 1. The molecule has 0 atom stereocenters. The van der Waals surface area contributed by atoms with Gasteiger partial charge in [-0.2, -0.15) is 5.26 Å². The molecule has 1 aromatic heterocycles. The molecule has 1 aromatic rings. The predicted octanol–water partition coefficient (Wildman–Crippen LogP) is 3.12. The van der Waals surface area contributed by atoms with Crippen LogP contribution < -0.4 is 4.74 Å². The summed E-state index contributed by atoms with van der Waals surface area (Å²) in [6.07, 6.45) is -3.87. The Labute approximate surface area is 108 Å². The van der Waals surface area contributed by atoms with Gasteiger partial charge in [-0.25, -0.2) is 4.39 Å². The Morgan fingerprint density at radius 1 is 1.47 bits per heavy atom. The average Bonchev–Trinajstić information content (AvgIpc) is 2.23. The van der Waals surface area contributed by atoms with Crippen LogP contribution >= 0.6 is 22.6 Å². The fraction of sp³-hybridized carbons (Fsp3) is 0.333. The van der Waals surface area contributed by atoms with Gasteiger partial charge in [0.05, 0.1) is 16.1 Å². The number of halogens is 5. The van der Waals surface area contributed by atoms with Gasteiger partial charge in [0.2, 0.25) is 0 Å². The third-order valence-electron chi connectivity index (χ3n) is 1.73. The molecule has 92 valence electrons. The van der Waals surface area contributed by atoms with E-state index in [1.807, 2.05) is 0 Å². The molecule has 0 saturated carbocycles. The molecule has 0 aliphatic heterocycles. The summed E-state index contributed by atoms with van der Waals surface area (Å²) in [7, 11) is 0. The van der Waals surface area contributed by atoms with E-state index in [0.717, 1.165) is 0 Å². The van der Waals surface area contributed by atoms with Crippen LogP contribution in [0.5, 0.6) is 5.75 Å². The third kappa shape index (κ3) is 3.69. The molecule has 0 aliphatic rings. The quantitative estimate of drug-likeness (QED) is 0.615. The molecule has 0 fully saturated rings.